The van der Waals surface area contributed by atoms with Crippen LogP contribution in [0.2, 0.25) is 0 Å². The third-order valence-electron chi connectivity index (χ3n) is 3.37. The molecule has 0 aliphatic rings. The first kappa shape index (κ1) is 16.1. The number of rotatable bonds is 7. The first-order chi connectivity index (χ1) is 10.6. The van der Waals surface area contributed by atoms with Crippen LogP contribution in [0.3, 0.4) is 0 Å². The number of furan rings is 1. The molecule has 0 bridgehead atoms. The van der Waals surface area contributed by atoms with Gasteiger partial charge in [-0.25, -0.2) is 9.18 Å². The molecule has 2 N–H and O–H groups in total. The molecule has 1 heterocycles. The van der Waals surface area contributed by atoms with Gasteiger partial charge in [-0.1, -0.05) is 12.1 Å². The molecule has 0 aliphatic heterocycles. The van der Waals surface area contributed by atoms with Crippen LogP contribution in [0.5, 0.6) is 0 Å². The average Bonchev–Trinajstić information content (AvgIpc) is 2.98. The van der Waals surface area contributed by atoms with E-state index in [1.54, 1.807) is 12.3 Å². The molecule has 1 aromatic heterocycles. The lowest BCUT2D eigenvalue weighted by Gasteiger charge is -2.14. The van der Waals surface area contributed by atoms with E-state index < -0.39 is 0 Å². The highest BCUT2D eigenvalue weighted by molar-refractivity contribution is 5.74. The minimum Gasteiger partial charge on any atom is -0.469 e. The molecule has 22 heavy (non-hydrogen) atoms. The molecular weight excluding hydrogens is 283 g/mol. The van der Waals surface area contributed by atoms with Crippen molar-refractivity contribution in [3.05, 3.63) is 59.8 Å². The predicted octanol–water partition coefficient (Wildman–Crippen LogP) is 3.28. The molecule has 118 valence electrons. The van der Waals surface area contributed by atoms with Crippen LogP contribution in [0, 0.1) is 5.82 Å². The van der Waals surface area contributed by atoms with Crippen molar-refractivity contribution < 1.29 is 13.6 Å². The second-order valence-electron chi connectivity index (χ2n) is 5.30. The third-order valence-corrected chi connectivity index (χ3v) is 3.37. The lowest BCUT2D eigenvalue weighted by molar-refractivity contribution is 0.237. The van der Waals surface area contributed by atoms with E-state index >= 15 is 0 Å². The highest BCUT2D eigenvalue weighted by Crippen LogP contribution is 2.06. The van der Waals surface area contributed by atoms with Gasteiger partial charge in [-0.05, 0) is 49.6 Å². The molecule has 1 atom stereocenters. The zero-order valence-corrected chi connectivity index (χ0v) is 12.6. The van der Waals surface area contributed by atoms with Crippen molar-refractivity contribution >= 4 is 6.03 Å². The Morgan fingerprint density at radius 1 is 1.27 bits per heavy atom. The van der Waals surface area contributed by atoms with Crippen LogP contribution in [0.15, 0.2) is 47.1 Å². The second-order valence-corrected chi connectivity index (χ2v) is 5.30. The van der Waals surface area contributed by atoms with Crippen molar-refractivity contribution in [1.29, 1.82) is 0 Å². The highest BCUT2D eigenvalue weighted by Gasteiger charge is 2.08. The van der Waals surface area contributed by atoms with Crippen LogP contribution in [0.1, 0.15) is 24.7 Å². The Bertz CT molecular complexity index is 584. The zero-order chi connectivity index (χ0) is 15.8. The molecule has 0 spiro atoms. The van der Waals surface area contributed by atoms with E-state index in [9.17, 15) is 9.18 Å². The Morgan fingerprint density at radius 3 is 2.86 bits per heavy atom. The van der Waals surface area contributed by atoms with Crippen molar-refractivity contribution in [1.82, 2.24) is 10.6 Å². The number of carbonyl (C=O) groups is 1. The summed E-state index contributed by atoms with van der Waals surface area (Å²) in [4.78, 5) is 11.8. The van der Waals surface area contributed by atoms with Gasteiger partial charge in [-0.2, -0.15) is 0 Å². The minimum atomic E-state index is -0.256. The maximum Gasteiger partial charge on any atom is 0.315 e. The van der Waals surface area contributed by atoms with E-state index in [0.717, 1.165) is 24.2 Å². The van der Waals surface area contributed by atoms with Gasteiger partial charge in [0, 0.05) is 19.0 Å². The molecule has 0 fully saturated rings. The fourth-order valence-corrected chi connectivity index (χ4v) is 2.17. The van der Waals surface area contributed by atoms with Gasteiger partial charge in [-0.15, -0.1) is 0 Å². The lowest BCUT2D eigenvalue weighted by atomic mass is 10.1. The molecule has 1 aromatic carbocycles. The van der Waals surface area contributed by atoms with E-state index in [1.165, 1.54) is 12.1 Å². The molecule has 0 saturated carbocycles. The molecule has 0 aliphatic carbocycles. The van der Waals surface area contributed by atoms with Gasteiger partial charge in [0.1, 0.15) is 11.6 Å². The van der Waals surface area contributed by atoms with Crippen LogP contribution in [0.4, 0.5) is 9.18 Å². The largest absolute Gasteiger partial charge is 0.469 e. The average molecular weight is 304 g/mol. The normalized spacial score (nSPS) is 11.9. The summed E-state index contributed by atoms with van der Waals surface area (Å²) in [7, 11) is 0. The maximum absolute atomic E-state index is 13.0. The van der Waals surface area contributed by atoms with Gasteiger partial charge in [-0.3, -0.25) is 0 Å². The number of hydrogen-bond acceptors (Lipinski definition) is 2. The molecule has 0 saturated heterocycles. The summed E-state index contributed by atoms with van der Waals surface area (Å²) >= 11 is 0. The summed E-state index contributed by atoms with van der Waals surface area (Å²) in [6.45, 7) is 2.43. The van der Waals surface area contributed by atoms with E-state index in [2.05, 4.69) is 10.6 Å². The Labute approximate surface area is 129 Å². The highest BCUT2D eigenvalue weighted by atomic mass is 19.1. The van der Waals surface area contributed by atoms with Crippen LogP contribution in [-0.2, 0) is 12.8 Å². The fourth-order valence-electron chi connectivity index (χ4n) is 2.17. The number of carbonyl (C=O) groups excluding carboxylic acids is 1. The number of amides is 2. The van der Waals surface area contributed by atoms with Gasteiger partial charge in [0.05, 0.1) is 6.26 Å². The van der Waals surface area contributed by atoms with E-state index in [-0.39, 0.29) is 17.9 Å². The van der Waals surface area contributed by atoms with E-state index in [4.69, 9.17) is 4.42 Å². The first-order valence-corrected chi connectivity index (χ1v) is 7.44. The van der Waals surface area contributed by atoms with Crippen LogP contribution >= 0.6 is 0 Å². The summed E-state index contributed by atoms with van der Waals surface area (Å²) in [5.41, 5.74) is 0.867. The molecular formula is C17H21FN2O2. The Morgan fingerprint density at radius 2 is 2.14 bits per heavy atom. The predicted molar refractivity (Wildman–Crippen MR) is 83.1 cm³/mol. The zero-order valence-electron chi connectivity index (χ0n) is 12.6. The Hall–Kier alpha value is -2.30. The standard InChI is InChI=1S/C17H21FN2O2/c1-13(7-8-16-6-3-11-22-16)20-17(21)19-10-9-14-4-2-5-15(18)12-14/h2-6,11-13H,7-10H2,1H3,(H2,19,20,21)/t13-/m1/s1. The van der Waals surface area contributed by atoms with E-state index in [0.29, 0.717) is 13.0 Å². The summed E-state index contributed by atoms with van der Waals surface area (Å²) in [5.74, 6) is 0.661. The molecule has 2 aromatic rings. The Kier molecular flexibility index (Phi) is 6.01. The summed E-state index contributed by atoms with van der Waals surface area (Å²) in [6, 6.07) is 10.0. The van der Waals surface area contributed by atoms with Crippen molar-refractivity contribution in [2.45, 2.75) is 32.2 Å². The van der Waals surface area contributed by atoms with Crippen LogP contribution < -0.4 is 10.6 Å². The molecule has 2 rings (SSSR count). The smallest absolute Gasteiger partial charge is 0.315 e. The van der Waals surface area contributed by atoms with E-state index in [1.807, 2.05) is 25.1 Å². The molecule has 0 unspecified atom stereocenters. The SMILES string of the molecule is C[C@H](CCc1ccco1)NC(=O)NCCc1cccc(F)c1. The quantitative estimate of drug-likeness (QED) is 0.825. The fraction of sp³-hybridized carbons (Fsp3) is 0.353. The first-order valence-electron chi connectivity index (χ1n) is 7.44. The monoisotopic (exact) mass is 304 g/mol. The Balaban J connectivity index is 1.62. The second kappa shape index (κ2) is 8.22. The number of urea groups is 1. The number of benzene rings is 1. The van der Waals surface area contributed by atoms with Crippen molar-refractivity contribution in [3.8, 4) is 0 Å². The molecule has 2 amide bonds. The summed E-state index contributed by atoms with van der Waals surface area (Å²) in [5, 5.41) is 5.65. The van der Waals surface area contributed by atoms with Gasteiger partial charge >= 0.3 is 6.03 Å². The van der Waals surface area contributed by atoms with Crippen molar-refractivity contribution in [3.63, 3.8) is 0 Å². The maximum atomic E-state index is 13.0. The topological polar surface area (TPSA) is 54.3 Å². The van der Waals surface area contributed by atoms with Crippen molar-refractivity contribution in [2.75, 3.05) is 6.54 Å². The minimum absolute atomic E-state index is 0.0549. The molecule has 5 heteroatoms. The van der Waals surface area contributed by atoms with Gasteiger partial charge in [0.25, 0.3) is 0 Å². The third kappa shape index (κ3) is 5.60. The van der Waals surface area contributed by atoms with Gasteiger partial charge in [0.15, 0.2) is 0 Å². The van der Waals surface area contributed by atoms with Gasteiger partial charge in [0.2, 0.25) is 0 Å². The summed E-state index contributed by atoms with van der Waals surface area (Å²) in [6.07, 6.45) is 3.85. The van der Waals surface area contributed by atoms with Crippen LogP contribution in [-0.4, -0.2) is 18.6 Å². The number of aryl methyl sites for hydroxylation is 1. The molecule has 4 nitrogen and oxygen atoms in total. The van der Waals surface area contributed by atoms with Crippen LogP contribution in [0.25, 0.3) is 0 Å². The number of halogens is 1. The molecule has 0 radical (unpaired) electrons. The number of hydrogen-bond donors (Lipinski definition) is 2. The lowest BCUT2D eigenvalue weighted by Crippen LogP contribution is -2.41. The number of nitrogens with one attached hydrogen (secondary N) is 2. The van der Waals surface area contributed by atoms with Crippen molar-refractivity contribution in [2.24, 2.45) is 0 Å². The summed E-state index contributed by atoms with van der Waals surface area (Å²) < 4.78 is 18.3. The van der Waals surface area contributed by atoms with Gasteiger partial charge < -0.3 is 15.1 Å².